The highest BCUT2D eigenvalue weighted by atomic mass is 16.5. The summed E-state index contributed by atoms with van der Waals surface area (Å²) in [6, 6.07) is 0.663. The van der Waals surface area contributed by atoms with E-state index in [-0.39, 0.29) is 12.5 Å². The Morgan fingerprint density at radius 1 is 1.50 bits per heavy atom. The second-order valence-electron chi connectivity index (χ2n) is 4.81. The molecule has 0 aromatic rings. The molecule has 2 aliphatic rings. The molecule has 2 rings (SSSR count). The maximum absolute atomic E-state index is 11.5. The Balaban J connectivity index is 1.75. The van der Waals surface area contributed by atoms with Gasteiger partial charge in [-0.05, 0) is 32.2 Å². The molecule has 1 N–H and O–H groups in total. The van der Waals surface area contributed by atoms with Crippen LogP contribution >= 0.6 is 0 Å². The van der Waals surface area contributed by atoms with Crippen molar-refractivity contribution in [2.24, 2.45) is 5.92 Å². The van der Waals surface area contributed by atoms with Gasteiger partial charge >= 0.3 is 0 Å². The molecule has 0 spiro atoms. The zero-order valence-electron chi connectivity index (χ0n) is 10.1. The molecule has 1 heterocycles. The van der Waals surface area contributed by atoms with Crippen LogP contribution in [0, 0.1) is 5.92 Å². The zero-order chi connectivity index (χ0) is 11.4. The highest BCUT2D eigenvalue weighted by Crippen LogP contribution is 2.28. The average molecular weight is 226 g/mol. The number of nitrogens with one attached hydrogen (secondary N) is 1. The molecule has 1 amide bonds. The van der Waals surface area contributed by atoms with Crippen LogP contribution in [0.25, 0.3) is 0 Å². The van der Waals surface area contributed by atoms with E-state index >= 15 is 0 Å². The predicted octanol–water partition coefficient (Wildman–Crippen LogP) is 0.623. The van der Waals surface area contributed by atoms with Gasteiger partial charge < -0.3 is 15.0 Å². The number of hydrogen-bond acceptors (Lipinski definition) is 3. The molecule has 4 nitrogen and oxygen atoms in total. The van der Waals surface area contributed by atoms with Gasteiger partial charge in [0.2, 0.25) is 5.91 Å². The molecule has 0 aromatic carbocycles. The molecule has 0 bridgehead atoms. The van der Waals surface area contributed by atoms with Crippen LogP contribution in [0.2, 0.25) is 0 Å². The molecule has 1 saturated carbocycles. The molecule has 1 aliphatic heterocycles. The standard InChI is InChI=1S/C12H22N2O2/c1-13-11-4-2-3-10(11)5-6-14-7-8-16-9-12(14)15/h10-11,13H,2-9H2,1H3. The second-order valence-corrected chi connectivity index (χ2v) is 4.81. The lowest BCUT2D eigenvalue weighted by molar-refractivity contribution is -0.142. The van der Waals surface area contributed by atoms with E-state index < -0.39 is 0 Å². The third kappa shape index (κ3) is 2.74. The van der Waals surface area contributed by atoms with E-state index in [1.165, 1.54) is 19.3 Å². The smallest absolute Gasteiger partial charge is 0.248 e. The number of hydrogen-bond donors (Lipinski definition) is 1. The first kappa shape index (κ1) is 11.9. The Bertz CT molecular complexity index is 245. The van der Waals surface area contributed by atoms with Crippen LogP contribution in [0.1, 0.15) is 25.7 Å². The second kappa shape index (κ2) is 5.64. The normalized spacial score (nSPS) is 31.1. The highest BCUT2D eigenvalue weighted by molar-refractivity contribution is 5.77. The van der Waals surface area contributed by atoms with Crippen LogP contribution in [-0.2, 0) is 9.53 Å². The molecule has 2 atom stereocenters. The van der Waals surface area contributed by atoms with Crippen molar-refractivity contribution in [3.05, 3.63) is 0 Å². The van der Waals surface area contributed by atoms with Crippen LogP contribution in [0.4, 0.5) is 0 Å². The molecule has 0 radical (unpaired) electrons. The number of ether oxygens (including phenoxy) is 1. The molecule has 0 aromatic heterocycles. The lowest BCUT2D eigenvalue weighted by Gasteiger charge is -2.29. The first-order chi connectivity index (χ1) is 7.81. The van der Waals surface area contributed by atoms with E-state index in [9.17, 15) is 4.79 Å². The summed E-state index contributed by atoms with van der Waals surface area (Å²) in [7, 11) is 2.04. The van der Waals surface area contributed by atoms with Gasteiger partial charge in [-0.1, -0.05) is 6.42 Å². The van der Waals surface area contributed by atoms with E-state index in [1.807, 2.05) is 11.9 Å². The molecular weight excluding hydrogens is 204 g/mol. The van der Waals surface area contributed by atoms with Crippen molar-refractivity contribution in [1.29, 1.82) is 0 Å². The molecule has 2 unspecified atom stereocenters. The number of nitrogens with zero attached hydrogens (tertiary/aromatic N) is 1. The molecule has 92 valence electrons. The van der Waals surface area contributed by atoms with Gasteiger partial charge in [-0.25, -0.2) is 0 Å². The third-order valence-corrected chi connectivity index (χ3v) is 3.88. The fourth-order valence-electron chi connectivity index (χ4n) is 2.87. The molecule has 2 fully saturated rings. The third-order valence-electron chi connectivity index (χ3n) is 3.88. The lowest BCUT2D eigenvalue weighted by atomic mass is 9.99. The molecule has 1 saturated heterocycles. The van der Waals surface area contributed by atoms with Crippen molar-refractivity contribution in [2.45, 2.75) is 31.7 Å². The highest BCUT2D eigenvalue weighted by Gasteiger charge is 2.27. The van der Waals surface area contributed by atoms with Gasteiger partial charge in [0.05, 0.1) is 6.61 Å². The maximum atomic E-state index is 11.5. The SMILES string of the molecule is CNC1CCCC1CCN1CCOCC1=O. The lowest BCUT2D eigenvalue weighted by Crippen LogP contribution is -2.43. The van der Waals surface area contributed by atoms with Crippen molar-refractivity contribution in [2.75, 3.05) is 33.4 Å². The van der Waals surface area contributed by atoms with Gasteiger partial charge in [0.25, 0.3) is 0 Å². The van der Waals surface area contributed by atoms with E-state index in [0.717, 1.165) is 25.4 Å². The molecule has 1 aliphatic carbocycles. The minimum Gasteiger partial charge on any atom is -0.370 e. The Morgan fingerprint density at radius 3 is 3.12 bits per heavy atom. The summed E-state index contributed by atoms with van der Waals surface area (Å²) >= 11 is 0. The zero-order valence-corrected chi connectivity index (χ0v) is 10.1. The van der Waals surface area contributed by atoms with Crippen LogP contribution in [0.15, 0.2) is 0 Å². The first-order valence-corrected chi connectivity index (χ1v) is 6.34. The summed E-state index contributed by atoms with van der Waals surface area (Å²) < 4.78 is 5.12. The topological polar surface area (TPSA) is 41.6 Å². The number of carbonyl (C=O) groups excluding carboxylic acids is 1. The average Bonchev–Trinajstić information content (AvgIpc) is 2.75. The Morgan fingerprint density at radius 2 is 2.38 bits per heavy atom. The fraction of sp³-hybridized carbons (Fsp3) is 0.917. The van der Waals surface area contributed by atoms with Gasteiger partial charge in [-0.2, -0.15) is 0 Å². The summed E-state index contributed by atoms with van der Waals surface area (Å²) in [5, 5.41) is 3.38. The monoisotopic (exact) mass is 226 g/mol. The van der Waals surface area contributed by atoms with E-state index in [4.69, 9.17) is 4.74 Å². The van der Waals surface area contributed by atoms with Crippen molar-refractivity contribution in [3.8, 4) is 0 Å². The quantitative estimate of drug-likeness (QED) is 0.764. The van der Waals surface area contributed by atoms with Gasteiger partial charge in [0, 0.05) is 19.1 Å². The number of amides is 1. The summed E-state index contributed by atoms with van der Waals surface area (Å²) in [5.41, 5.74) is 0. The maximum Gasteiger partial charge on any atom is 0.248 e. The van der Waals surface area contributed by atoms with Crippen LogP contribution < -0.4 is 5.32 Å². The molecule has 16 heavy (non-hydrogen) atoms. The van der Waals surface area contributed by atoms with E-state index in [2.05, 4.69) is 5.32 Å². The predicted molar refractivity (Wildman–Crippen MR) is 62.2 cm³/mol. The van der Waals surface area contributed by atoms with Crippen LogP contribution in [0.3, 0.4) is 0 Å². The summed E-state index contributed by atoms with van der Waals surface area (Å²) in [4.78, 5) is 13.5. The first-order valence-electron chi connectivity index (χ1n) is 6.34. The fourth-order valence-corrected chi connectivity index (χ4v) is 2.87. The van der Waals surface area contributed by atoms with Crippen LogP contribution in [-0.4, -0.2) is 50.2 Å². The minimum absolute atomic E-state index is 0.158. The molecule has 4 heteroatoms. The van der Waals surface area contributed by atoms with Gasteiger partial charge in [0.15, 0.2) is 0 Å². The minimum atomic E-state index is 0.158. The van der Waals surface area contributed by atoms with Crippen LogP contribution in [0.5, 0.6) is 0 Å². The largest absolute Gasteiger partial charge is 0.370 e. The number of morpholine rings is 1. The summed E-state index contributed by atoms with van der Waals surface area (Å²) in [6.45, 7) is 2.66. The van der Waals surface area contributed by atoms with Crippen molar-refractivity contribution >= 4 is 5.91 Å². The van der Waals surface area contributed by atoms with Crippen molar-refractivity contribution in [3.63, 3.8) is 0 Å². The summed E-state index contributed by atoms with van der Waals surface area (Å²) in [6.07, 6.45) is 5.06. The van der Waals surface area contributed by atoms with Gasteiger partial charge in [-0.3, -0.25) is 4.79 Å². The Kier molecular flexibility index (Phi) is 4.18. The Labute approximate surface area is 97.3 Å². The van der Waals surface area contributed by atoms with Crippen molar-refractivity contribution in [1.82, 2.24) is 10.2 Å². The Hall–Kier alpha value is -0.610. The van der Waals surface area contributed by atoms with E-state index in [0.29, 0.717) is 12.6 Å². The molecular formula is C12H22N2O2. The van der Waals surface area contributed by atoms with Crippen molar-refractivity contribution < 1.29 is 9.53 Å². The summed E-state index contributed by atoms with van der Waals surface area (Å²) in [5.74, 6) is 0.908. The number of carbonyl (C=O) groups is 1. The van der Waals surface area contributed by atoms with E-state index in [1.54, 1.807) is 0 Å². The number of rotatable bonds is 4. The van der Waals surface area contributed by atoms with Gasteiger partial charge in [0.1, 0.15) is 6.61 Å². The van der Waals surface area contributed by atoms with Gasteiger partial charge in [-0.15, -0.1) is 0 Å².